The van der Waals surface area contributed by atoms with Gasteiger partial charge in [-0.25, -0.2) is 4.98 Å². The molecule has 0 radical (unpaired) electrons. The van der Waals surface area contributed by atoms with Gasteiger partial charge in [0.25, 0.3) is 0 Å². The van der Waals surface area contributed by atoms with Gasteiger partial charge in [-0.15, -0.1) is 0 Å². The Labute approximate surface area is 168 Å². The Morgan fingerprint density at radius 1 is 1.21 bits per heavy atom. The molecule has 4 rings (SSSR count). The number of amides is 1. The Morgan fingerprint density at radius 2 is 2.00 bits per heavy atom. The van der Waals surface area contributed by atoms with Crippen LogP contribution in [-0.4, -0.2) is 58.5 Å². The lowest BCUT2D eigenvalue weighted by molar-refractivity contribution is -0.134. The fourth-order valence-electron chi connectivity index (χ4n) is 5.20. The van der Waals surface area contributed by atoms with Gasteiger partial charge in [0.2, 0.25) is 5.91 Å². The molecule has 2 aliphatic rings. The molecular formula is C23H32N4O. The smallest absolute Gasteiger partial charge is 0.222 e. The average molecular weight is 381 g/mol. The highest BCUT2D eigenvalue weighted by molar-refractivity contribution is 5.76. The van der Waals surface area contributed by atoms with Crippen molar-refractivity contribution in [2.75, 3.05) is 33.2 Å². The highest BCUT2D eigenvalue weighted by atomic mass is 16.2. The number of nitrogens with zero attached hydrogens (tertiary/aromatic N) is 4. The van der Waals surface area contributed by atoms with Crippen molar-refractivity contribution in [3.8, 4) is 0 Å². The normalized spacial score (nSPS) is 22.5. The minimum Gasteiger partial charge on any atom is -0.343 e. The van der Waals surface area contributed by atoms with Gasteiger partial charge in [-0.05, 0) is 49.6 Å². The molecule has 2 aliphatic heterocycles. The molecule has 5 heteroatoms. The summed E-state index contributed by atoms with van der Waals surface area (Å²) in [5, 5.41) is 0. The molecule has 1 spiro atoms. The monoisotopic (exact) mass is 380 g/mol. The first kappa shape index (κ1) is 19.2. The molecule has 1 aromatic carbocycles. The summed E-state index contributed by atoms with van der Waals surface area (Å²) in [6.07, 6.45) is 10.6. The van der Waals surface area contributed by atoms with Crippen LogP contribution in [0.5, 0.6) is 0 Å². The van der Waals surface area contributed by atoms with Crippen LogP contribution in [0, 0.1) is 5.41 Å². The number of likely N-dealkylation sites (N-methyl/N-ethyl adjacent to an activating group) is 1. The molecule has 1 aromatic heterocycles. The Balaban J connectivity index is 1.30. The second-order valence-corrected chi connectivity index (χ2v) is 8.79. The SMILES string of the molecule is CN1C[C@H](c2ccccc2)CC2(CCN(C(=O)CCCn3ccnc3)CC2)C1. The summed E-state index contributed by atoms with van der Waals surface area (Å²) in [7, 11) is 2.25. The van der Waals surface area contributed by atoms with Crippen LogP contribution < -0.4 is 0 Å². The minimum absolute atomic E-state index is 0.318. The molecule has 0 saturated carbocycles. The highest BCUT2D eigenvalue weighted by Crippen LogP contribution is 2.44. The molecule has 5 nitrogen and oxygen atoms in total. The summed E-state index contributed by atoms with van der Waals surface area (Å²) in [5.41, 5.74) is 1.83. The van der Waals surface area contributed by atoms with Crippen molar-refractivity contribution in [1.29, 1.82) is 0 Å². The van der Waals surface area contributed by atoms with E-state index in [4.69, 9.17) is 0 Å². The van der Waals surface area contributed by atoms with Crippen LogP contribution in [0.15, 0.2) is 49.1 Å². The maximum Gasteiger partial charge on any atom is 0.222 e. The van der Waals surface area contributed by atoms with Gasteiger partial charge >= 0.3 is 0 Å². The number of imidazole rings is 1. The number of aromatic nitrogens is 2. The third-order valence-electron chi connectivity index (χ3n) is 6.63. The zero-order valence-electron chi connectivity index (χ0n) is 17.0. The Morgan fingerprint density at radius 3 is 2.71 bits per heavy atom. The molecule has 2 fully saturated rings. The molecule has 28 heavy (non-hydrogen) atoms. The molecule has 1 amide bonds. The number of hydrogen-bond donors (Lipinski definition) is 0. The van der Waals surface area contributed by atoms with Crippen molar-refractivity contribution in [1.82, 2.24) is 19.4 Å². The van der Waals surface area contributed by atoms with E-state index in [2.05, 4.69) is 52.2 Å². The van der Waals surface area contributed by atoms with Gasteiger partial charge in [-0.1, -0.05) is 30.3 Å². The van der Waals surface area contributed by atoms with E-state index in [-0.39, 0.29) is 0 Å². The van der Waals surface area contributed by atoms with E-state index >= 15 is 0 Å². The molecule has 2 aromatic rings. The largest absolute Gasteiger partial charge is 0.343 e. The number of carbonyl (C=O) groups excluding carboxylic acids is 1. The lowest BCUT2D eigenvalue weighted by Crippen LogP contribution is -2.51. The van der Waals surface area contributed by atoms with Crippen LogP contribution in [0.3, 0.4) is 0 Å². The van der Waals surface area contributed by atoms with E-state index in [9.17, 15) is 4.79 Å². The van der Waals surface area contributed by atoms with Gasteiger partial charge in [0.05, 0.1) is 6.33 Å². The van der Waals surface area contributed by atoms with Crippen LogP contribution in [0.2, 0.25) is 0 Å². The van der Waals surface area contributed by atoms with Gasteiger partial charge in [0.1, 0.15) is 0 Å². The third-order valence-corrected chi connectivity index (χ3v) is 6.63. The maximum absolute atomic E-state index is 12.6. The van der Waals surface area contributed by atoms with E-state index in [0.717, 1.165) is 45.4 Å². The summed E-state index contributed by atoms with van der Waals surface area (Å²) in [4.78, 5) is 21.3. The summed E-state index contributed by atoms with van der Waals surface area (Å²) >= 11 is 0. The van der Waals surface area contributed by atoms with Crippen molar-refractivity contribution in [2.24, 2.45) is 5.41 Å². The fourth-order valence-corrected chi connectivity index (χ4v) is 5.20. The van der Waals surface area contributed by atoms with Crippen LogP contribution in [0.25, 0.3) is 0 Å². The van der Waals surface area contributed by atoms with Gasteiger partial charge in [-0.2, -0.15) is 0 Å². The van der Waals surface area contributed by atoms with Crippen LogP contribution >= 0.6 is 0 Å². The van der Waals surface area contributed by atoms with Crippen molar-refractivity contribution >= 4 is 5.91 Å². The topological polar surface area (TPSA) is 41.4 Å². The van der Waals surface area contributed by atoms with E-state index in [1.54, 1.807) is 6.20 Å². The van der Waals surface area contributed by atoms with Crippen molar-refractivity contribution in [3.05, 3.63) is 54.6 Å². The van der Waals surface area contributed by atoms with Crippen LogP contribution in [0.4, 0.5) is 0 Å². The van der Waals surface area contributed by atoms with Crippen LogP contribution in [-0.2, 0) is 11.3 Å². The standard InChI is InChI=1S/C23H32N4O/c1-25-17-21(20-6-3-2-4-7-20)16-23(18-25)9-13-27(14-10-23)22(28)8-5-12-26-15-11-24-19-26/h2-4,6-7,11,15,19,21H,5,8-10,12-14,16-18H2,1H3/t21-/m1/s1. The van der Waals surface area contributed by atoms with Crippen molar-refractivity contribution < 1.29 is 4.79 Å². The van der Waals surface area contributed by atoms with E-state index < -0.39 is 0 Å². The lowest BCUT2D eigenvalue weighted by atomic mass is 9.68. The molecular weight excluding hydrogens is 348 g/mol. The van der Waals surface area contributed by atoms with Crippen molar-refractivity contribution in [3.63, 3.8) is 0 Å². The number of likely N-dealkylation sites (tertiary alicyclic amines) is 2. The van der Waals surface area contributed by atoms with E-state index in [0.29, 0.717) is 23.7 Å². The fraction of sp³-hybridized carbons (Fsp3) is 0.565. The average Bonchev–Trinajstić information content (AvgIpc) is 3.22. The Bertz CT molecular complexity index is 750. The number of rotatable bonds is 5. The highest BCUT2D eigenvalue weighted by Gasteiger charge is 2.41. The minimum atomic E-state index is 0.318. The van der Waals surface area contributed by atoms with Gasteiger partial charge in [0.15, 0.2) is 0 Å². The molecule has 150 valence electrons. The number of piperidine rings is 2. The van der Waals surface area contributed by atoms with Gasteiger partial charge in [0, 0.05) is 51.5 Å². The predicted octanol–water partition coefficient (Wildman–Crippen LogP) is 3.39. The molecule has 0 bridgehead atoms. The number of carbonyl (C=O) groups is 1. The second kappa shape index (κ2) is 8.48. The van der Waals surface area contributed by atoms with E-state index in [1.165, 1.54) is 18.5 Å². The molecule has 1 atom stereocenters. The number of hydrogen-bond acceptors (Lipinski definition) is 3. The summed E-state index contributed by atoms with van der Waals surface area (Å²) in [5.74, 6) is 0.927. The molecule has 2 saturated heterocycles. The first-order valence-electron chi connectivity index (χ1n) is 10.6. The Kier molecular flexibility index (Phi) is 5.81. The molecule has 0 unspecified atom stereocenters. The first-order chi connectivity index (χ1) is 13.6. The van der Waals surface area contributed by atoms with E-state index in [1.807, 2.05) is 17.1 Å². The van der Waals surface area contributed by atoms with Crippen molar-refractivity contribution in [2.45, 2.75) is 44.6 Å². The molecule has 0 N–H and O–H groups in total. The zero-order chi connectivity index (χ0) is 19.4. The maximum atomic E-state index is 12.6. The molecule has 0 aliphatic carbocycles. The first-order valence-corrected chi connectivity index (χ1v) is 10.6. The summed E-state index contributed by atoms with van der Waals surface area (Å²) in [6, 6.07) is 11.0. The summed E-state index contributed by atoms with van der Waals surface area (Å²) in [6.45, 7) is 5.01. The Hall–Kier alpha value is -2.14. The second-order valence-electron chi connectivity index (χ2n) is 8.79. The molecule has 3 heterocycles. The predicted molar refractivity (Wildman–Crippen MR) is 111 cm³/mol. The number of benzene rings is 1. The van der Waals surface area contributed by atoms with Gasteiger partial charge < -0.3 is 14.4 Å². The van der Waals surface area contributed by atoms with Crippen LogP contribution in [0.1, 0.15) is 43.6 Å². The van der Waals surface area contributed by atoms with Gasteiger partial charge in [-0.3, -0.25) is 4.79 Å². The quantitative estimate of drug-likeness (QED) is 0.798. The lowest BCUT2D eigenvalue weighted by Gasteiger charge is -2.49. The number of aryl methyl sites for hydroxylation is 1. The summed E-state index contributed by atoms with van der Waals surface area (Å²) < 4.78 is 2.04. The third kappa shape index (κ3) is 4.46. The zero-order valence-corrected chi connectivity index (χ0v) is 17.0.